The number of carbonyl (C=O) groups is 2. The monoisotopic (exact) mass is 382 g/mol. The smallest absolute Gasteiger partial charge is 0.227 e. The zero-order valence-electron chi connectivity index (χ0n) is 16.1. The Kier molecular flexibility index (Phi) is 6.89. The summed E-state index contributed by atoms with van der Waals surface area (Å²) >= 11 is 0. The third-order valence-electron chi connectivity index (χ3n) is 4.47. The van der Waals surface area contributed by atoms with Crippen molar-refractivity contribution < 1.29 is 19.1 Å². The Balaban J connectivity index is 1.45. The summed E-state index contributed by atoms with van der Waals surface area (Å²) < 4.78 is 11.3. The van der Waals surface area contributed by atoms with Gasteiger partial charge in [0, 0.05) is 30.8 Å². The Morgan fingerprint density at radius 2 is 1.89 bits per heavy atom. The molecule has 6 nitrogen and oxygen atoms in total. The van der Waals surface area contributed by atoms with Crippen LogP contribution < -0.4 is 19.7 Å². The first-order valence-electron chi connectivity index (χ1n) is 9.72. The number of amides is 2. The molecule has 3 rings (SSSR count). The number of hydrogen-bond donors (Lipinski definition) is 1. The molecular formula is C22H26N2O4. The quantitative estimate of drug-likeness (QED) is 0.666. The van der Waals surface area contributed by atoms with E-state index in [9.17, 15) is 9.59 Å². The van der Waals surface area contributed by atoms with Gasteiger partial charge in [0.1, 0.15) is 0 Å². The predicted octanol–water partition coefficient (Wildman–Crippen LogP) is 4.01. The molecule has 2 amide bonds. The van der Waals surface area contributed by atoms with E-state index in [1.54, 1.807) is 4.90 Å². The van der Waals surface area contributed by atoms with Crippen LogP contribution in [-0.4, -0.2) is 31.6 Å². The molecule has 0 spiro atoms. The van der Waals surface area contributed by atoms with E-state index in [1.165, 1.54) is 0 Å². The molecule has 0 radical (unpaired) electrons. The fraction of sp³-hybridized carbons (Fsp3) is 0.364. The van der Waals surface area contributed by atoms with Gasteiger partial charge in [-0.15, -0.1) is 0 Å². The van der Waals surface area contributed by atoms with Gasteiger partial charge in [-0.25, -0.2) is 0 Å². The number of rotatable bonds is 9. The largest absolute Gasteiger partial charge is 0.490 e. The Morgan fingerprint density at radius 3 is 2.61 bits per heavy atom. The van der Waals surface area contributed by atoms with Gasteiger partial charge in [0.15, 0.2) is 11.5 Å². The molecule has 2 aromatic carbocycles. The van der Waals surface area contributed by atoms with Crippen LogP contribution in [0, 0.1) is 0 Å². The second-order valence-electron chi connectivity index (χ2n) is 6.58. The lowest BCUT2D eigenvalue weighted by Gasteiger charge is -2.16. The number of carbonyl (C=O) groups excluding carboxylic acids is 2. The number of nitrogens with one attached hydrogen (secondary N) is 1. The SMILES string of the molecule is CCOc1ccccc1OCCCC(=O)Nc1cccc(N2CCCC2=O)c1. The lowest BCUT2D eigenvalue weighted by Crippen LogP contribution is -2.23. The van der Waals surface area contributed by atoms with Crippen molar-refractivity contribution in [3.63, 3.8) is 0 Å². The molecule has 1 aliphatic rings. The van der Waals surface area contributed by atoms with Crippen molar-refractivity contribution in [3.8, 4) is 11.5 Å². The lowest BCUT2D eigenvalue weighted by atomic mass is 10.2. The van der Waals surface area contributed by atoms with E-state index in [0.29, 0.717) is 49.7 Å². The third kappa shape index (κ3) is 5.25. The molecule has 0 bridgehead atoms. The maximum absolute atomic E-state index is 12.2. The summed E-state index contributed by atoms with van der Waals surface area (Å²) in [5.41, 5.74) is 1.53. The average Bonchev–Trinajstić information content (AvgIpc) is 3.13. The molecule has 1 heterocycles. The lowest BCUT2D eigenvalue weighted by molar-refractivity contribution is -0.117. The Hall–Kier alpha value is -3.02. The van der Waals surface area contributed by atoms with Gasteiger partial charge in [-0.05, 0) is 50.1 Å². The Bertz CT molecular complexity index is 822. The topological polar surface area (TPSA) is 67.9 Å². The first kappa shape index (κ1) is 19.7. The number of nitrogens with zero attached hydrogens (tertiary/aromatic N) is 1. The van der Waals surface area contributed by atoms with E-state index in [2.05, 4.69) is 5.32 Å². The molecule has 28 heavy (non-hydrogen) atoms. The highest BCUT2D eigenvalue weighted by molar-refractivity contribution is 5.97. The minimum Gasteiger partial charge on any atom is -0.490 e. The summed E-state index contributed by atoms with van der Waals surface area (Å²) in [6, 6.07) is 14.9. The van der Waals surface area contributed by atoms with Gasteiger partial charge in [-0.1, -0.05) is 18.2 Å². The van der Waals surface area contributed by atoms with Crippen LogP contribution in [0.15, 0.2) is 48.5 Å². The van der Waals surface area contributed by atoms with Gasteiger partial charge in [-0.3, -0.25) is 9.59 Å². The number of anilines is 2. The molecule has 0 unspecified atom stereocenters. The maximum atomic E-state index is 12.2. The summed E-state index contributed by atoms with van der Waals surface area (Å²) in [4.78, 5) is 25.9. The van der Waals surface area contributed by atoms with Gasteiger partial charge >= 0.3 is 0 Å². The Morgan fingerprint density at radius 1 is 1.11 bits per heavy atom. The van der Waals surface area contributed by atoms with Crippen LogP contribution in [0.2, 0.25) is 0 Å². The molecule has 2 aromatic rings. The molecule has 1 fully saturated rings. The van der Waals surface area contributed by atoms with Crippen LogP contribution >= 0.6 is 0 Å². The average molecular weight is 382 g/mol. The van der Waals surface area contributed by atoms with Crippen molar-refractivity contribution in [1.29, 1.82) is 0 Å². The molecule has 148 valence electrons. The number of para-hydroxylation sites is 2. The number of hydrogen-bond acceptors (Lipinski definition) is 4. The highest BCUT2D eigenvalue weighted by Gasteiger charge is 2.21. The standard InChI is InChI=1S/C22H26N2O4/c1-2-27-19-10-3-4-11-20(19)28-15-7-12-21(25)23-17-8-5-9-18(16-17)24-14-6-13-22(24)26/h3-5,8-11,16H,2,6-7,12-15H2,1H3,(H,23,25). The number of benzene rings is 2. The first-order chi connectivity index (χ1) is 13.7. The fourth-order valence-corrected chi connectivity index (χ4v) is 3.16. The van der Waals surface area contributed by atoms with Crippen molar-refractivity contribution in [2.24, 2.45) is 0 Å². The van der Waals surface area contributed by atoms with E-state index in [0.717, 1.165) is 18.7 Å². The minimum absolute atomic E-state index is 0.0772. The van der Waals surface area contributed by atoms with Crippen molar-refractivity contribution in [2.75, 3.05) is 30.0 Å². The molecule has 0 aromatic heterocycles. The highest BCUT2D eigenvalue weighted by Crippen LogP contribution is 2.27. The maximum Gasteiger partial charge on any atom is 0.227 e. The second kappa shape index (κ2) is 9.78. The van der Waals surface area contributed by atoms with Crippen LogP contribution in [-0.2, 0) is 9.59 Å². The van der Waals surface area contributed by atoms with Crippen molar-refractivity contribution in [3.05, 3.63) is 48.5 Å². The molecular weight excluding hydrogens is 356 g/mol. The zero-order chi connectivity index (χ0) is 19.8. The zero-order valence-corrected chi connectivity index (χ0v) is 16.1. The van der Waals surface area contributed by atoms with Gasteiger partial charge < -0.3 is 19.7 Å². The van der Waals surface area contributed by atoms with Crippen molar-refractivity contribution >= 4 is 23.2 Å². The van der Waals surface area contributed by atoms with E-state index in [-0.39, 0.29) is 11.8 Å². The van der Waals surface area contributed by atoms with E-state index in [4.69, 9.17) is 9.47 Å². The highest BCUT2D eigenvalue weighted by atomic mass is 16.5. The third-order valence-corrected chi connectivity index (χ3v) is 4.47. The summed E-state index contributed by atoms with van der Waals surface area (Å²) in [5.74, 6) is 1.45. The van der Waals surface area contributed by atoms with Gasteiger partial charge in [0.25, 0.3) is 0 Å². The second-order valence-corrected chi connectivity index (χ2v) is 6.58. The molecule has 6 heteroatoms. The van der Waals surface area contributed by atoms with Crippen molar-refractivity contribution in [2.45, 2.75) is 32.6 Å². The van der Waals surface area contributed by atoms with Gasteiger partial charge in [0.05, 0.1) is 13.2 Å². The van der Waals surface area contributed by atoms with E-state index < -0.39 is 0 Å². The van der Waals surface area contributed by atoms with Crippen LogP contribution in [0.4, 0.5) is 11.4 Å². The van der Waals surface area contributed by atoms with Gasteiger partial charge in [0.2, 0.25) is 11.8 Å². The Labute approximate surface area is 165 Å². The van der Waals surface area contributed by atoms with E-state index in [1.807, 2.05) is 55.5 Å². The molecule has 0 saturated carbocycles. The molecule has 0 atom stereocenters. The molecule has 1 N–H and O–H groups in total. The molecule has 0 aliphatic carbocycles. The molecule has 1 aliphatic heterocycles. The predicted molar refractivity (Wildman–Crippen MR) is 109 cm³/mol. The normalized spacial score (nSPS) is 13.5. The summed E-state index contributed by atoms with van der Waals surface area (Å²) in [5, 5.41) is 2.89. The number of ether oxygens (including phenoxy) is 2. The summed E-state index contributed by atoms with van der Waals surface area (Å²) in [7, 11) is 0. The van der Waals surface area contributed by atoms with E-state index >= 15 is 0 Å². The van der Waals surface area contributed by atoms with Crippen LogP contribution in [0.5, 0.6) is 11.5 Å². The molecule has 1 saturated heterocycles. The van der Waals surface area contributed by atoms with Crippen molar-refractivity contribution in [1.82, 2.24) is 0 Å². The minimum atomic E-state index is -0.0772. The van der Waals surface area contributed by atoms with Crippen LogP contribution in [0.3, 0.4) is 0 Å². The first-order valence-corrected chi connectivity index (χ1v) is 9.72. The van der Waals surface area contributed by atoms with Crippen LogP contribution in [0.1, 0.15) is 32.6 Å². The summed E-state index contributed by atoms with van der Waals surface area (Å²) in [6.45, 7) is 3.66. The van der Waals surface area contributed by atoms with Crippen LogP contribution in [0.25, 0.3) is 0 Å². The fourth-order valence-electron chi connectivity index (χ4n) is 3.16. The van der Waals surface area contributed by atoms with Gasteiger partial charge in [-0.2, -0.15) is 0 Å². The summed E-state index contributed by atoms with van der Waals surface area (Å²) in [6.07, 6.45) is 2.41.